The van der Waals surface area contributed by atoms with Gasteiger partial charge in [0.15, 0.2) is 10.1 Å². The second-order valence-corrected chi connectivity index (χ2v) is 12.8. The number of hydrogen-bond donors (Lipinski definition) is 1. The Morgan fingerprint density at radius 1 is 1.05 bits per heavy atom. The quantitative estimate of drug-likeness (QED) is 0.0660. The molecule has 3 aromatic carbocycles. The van der Waals surface area contributed by atoms with Gasteiger partial charge in [-0.25, -0.2) is 4.98 Å². The zero-order chi connectivity index (χ0) is 29.5. The minimum atomic E-state index is -1.29. The van der Waals surface area contributed by atoms with Gasteiger partial charge in [-0.05, 0) is 36.2 Å². The number of ketones is 1. The Morgan fingerprint density at radius 2 is 1.79 bits per heavy atom. The van der Waals surface area contributed by atoms with Crippen molar-refractivity contribution in [1.29, 1.82) is 0 Å². The number of nitrogens with zero attached hydrogens (tertiary/aromatic N) is 5. The number of carbonyl (C=O) groups is 2. The Morgan fingerprint density at radius 3 is 2.55 bits per heavy atom. The third-order valence-electron chi connectivity index (χ3n) is 6.82. The Labute approximate surface area is 251 Å². The third kappa shape index (κ3) is 4.85. The number of nitro benzene ring substituents is 1. The summed E-state index contributed by atoms with van der Waals surface area (Å²) in [4.78, 5) is 44.5. The summed E-state index contributed by atoms with van der Waals surface area (Å²) in [7, 11) is 0. The molecule has 0 saturated carbocycles. The zero-order valence-corrected chi connectivity index (χ0v) is 24.6. The average molecular weight is 616 g/mol. The number of aryl methyl sites for hydroxylation is 2. The lowest BCUT2D eigenvalue weighted by Gasteiger charge is -2.23. The van der Waals surface area contributed by atoms with Gasteiger partial charge in [0.25, 0.3) is 11.6 Å². The van der Waals surface area contributed by atoms with Crippen LogP contribution in [0.4, 0.5) is 10.8 Å². The highest BCUT2D eigenvalue weighted by Crippen LogP contribution is 2.46. The molecule has 5 aromatic rings. The third-order valence-corrected chi connectivity index (χ3v) is 10.00. The summed E-state index contributed by atoms with van der Waals surface area (Å²) in [6.07, 6.45) is 0. The van der Waals surface area contributed by atoms with E-state index in [-0.39, 0.29) is 26.8 Å². The molecule has 2 aromatic heterocycles. The van der Waals surface area contributed by atoms with Gasteiger partial charge in [0.1, 0.15) is 6.04 Å². The number of aliphatic hydroxyl groups is 1. The first-order valence-electron chi connectivity index (χ1n) is 12.7. The number of fused-ring (bicyclic) bond motifs is 1. The van der Waals surface area contributed by atoms with Crippen molar-refractivity contribution in [3.63, 3.8) is 0 Å². The molecule has 0 fully saturated rings. The Bertz CT molecular complexity index is 1930. The number of rotatable bonds is 8. The highest BCUT2D eigenvalue weighted by atomic mass is 32.2. The minimum absolute atomic E-state index is 0.0716. The first-order valence-corrected chi connectivity index (χ1v) is 15.3. The van der Waals surface area contributed by atoms with Crippen LogP contribution in [0.15, 0.2) is 82.4 Å². The number of aromatic nitrogens is 3. The van der Waals surface area contributed by atoms with Crippen molar-refractivity contribution in [1.82, 2.24) is 15.2 Å². The van der Waals surface area contributed by atoms with Gasteiger partial charge < -0.3 is 5.11 Å². The molecule has 0 radical (unpaired) electrons. The van der Waals surface area contributed by atoms with E-state index in [2.05, 4.69) is 21.2 Å². The van der Waals surface area contributed by atoms with Gasteiger partial charge in [-0.3, -0.25) is 24.6 Å². The van der Waals surface area contributed by atoms with Crippen molar-refractivity contribution in [3.8, 4) is 0 Å². The standard InChI is InChI=1S/C29H21N5O5S3/c1-15-26(41-16(2)30-15)24(35)22-23(20-12-5-6-13-21(20)34(38)39)33(27(37)25(22)36)28-31-32-29(42-28)40-14-18-10-7-9-17-8-3-4-11-19(17)18/h3-13,23,36H,14H2,1-2H3. The second-order valence-electron chi connectivity index (χ2n) is 9.41. The highest BCUT2D eigenvalue weighted by molar-refractivity contribution is 8.00. The molecule has 1 aliphatic heterocycles. The van der Waals surface area contributed by atoms with Crippen LogP contribution in [0.3, 0.4) is 0 Å². The van der Waals surface area contributed by atoms with Crippen LogP contribution < -0.4 is 4.90 Å². The van der Waals surface area contributed by atoms with E-state index in [4.69, 9.17) is 0 Å². The van der Waals surface area contributed by atoms with E-state index < -0.39 is 28.4 Å². The number of Topliss-reactive ketones (excluding diaryl/α,β-unsaturated/α-hetero) is 1. The van der Waals surface area contributed by atoms with Crippen molar-refractivity contribution in [2.75, 3.05) is 4.90 Å². The number of carbonyl (C=O) groups excluding carboxylic acids is 2. The Kier molecular flexibility index (Phi) is 7.31. The lowest BCUT2D eigenvalue weighted by molar-refractivity contribution is -0.385. The van der Waals surface area contributed by atoms with Crippen LogP contribution >= 0.6 is 34.4 Å². The highest BCUT2D eigenvalue weighted by Gasteiger charge is 2.48. The summed E-state index contributed by atoms with van der Waals surface area (Å²) in [5.41, 5.74) is 1.06. The number of anilines is 1. The Balaban J connectivity index is 1.39. The van der Waals surface area contributed by atoms with E-state index in [1.165, 1.54) is 30.0 Å². The molecular formula is C29H21N5O5S3. The predicted octanol–water partition coefficient (Wildman–Crippen LogP) is 6.75. The largest absolute Gasteiger partial charge is 0.503 e. The molecule has 13 heteroatoms. The van der Waals surface area contributed by atoms with Crippen LogP contribution in [0.1, 0.15) is 37.5 Å². The molecule has 42 heavy (non-hydrogen) atoms. The molecule has 1 aliphatic rings. The number of aliphatic hydroxyl groups excluding tert-OH is 1. The van der Waals surface area contributed by atoms with E-state index in [1.807, 2.05) is 36.4 Å². The zero-order valence-electron chi connectivity index (χ0n) is 22.2. The van der Waals surface area contributed by atoms with E-state index in [9.17, 15) is 24.8 Å². The second kappa shape index (κ2) is 11.1. The van der Waals surface area contributed by atoms with Crippen LogP contribution in [-0.2, 0) is 10.5 Å². The summed E-state index contributed by atoms with van der Waals surface area (Å²) < 4.78 is 0.556. The molecule has 1 N–H and O–H groups in total. The number of amides is 1. The number of thioether (sulfide) groups is 1. The molecule has 0 aliphatic carbocycles. The van der Waals surface area contributed by atoms with Gasteiger partial charge in [0.05, 0.1) is 31.6 Å². The van der Waals surface area contributed by atoms with E-state index in [0.29, 0.717) is 20.8 Å². The Hall–Kier alpha value is -4.46. The number of thiazole rings is 1. The van der Waals surface area contributed by atoms with Crippen LogP contribution in [0.25, 0.3) is 10.8 Å². The molecule has 10 nitrogen and oxygen atoms in total. The van der Waals surface area contributed by atoms with E-state index in [1.54, 1.807) is 19.9 Å². The van der Waals surface area contributed by atoms with Gasteiger partial charge in [-0.15, -0.1) is 21.5 Å². The molecule has 0 spiro atoms. The van der Waals surface area contributed by atoms with Gasteiger partial charge in [-0.1, -0.05) is 77.7 Å². The van der Waals surface area contributed by atoms with Gasteiger partial charge in [0.2, 0.25) is 10.9 Å². The lowest BCUT2D eigenvalue weighted by Crippen LogP contribution is -2.31. The maximum Gasteiger partial charge on any atom is 0.296 e. The number of hydrogen-bond acceptors (Lipinski definition) is 11. The summed E-state index contributed by atoms with van der Waals surface area (Å²) in [6, 6.07) is 18.7. The number of para-hydroxylation sites is 1. The average Bonchev–Trinajstić information content (AvgIpc) is 3.66. The first-order chi connectivity index (χ1) is 20.2. The maximum atomic E-state index is 13.8. The molecule has 3 heterocycles. The van der Waals surface area contributed by atoms with Crippen molar-refractivity contribution in [3.05, 3.63) is 115 Å². The molecule has 1 amide bonds. The van der Waals surface area contributed by atoms with Crippen LogP contribution in [-0.4, -0.2) is 36.9 Å². The van der Waals surface area contributed by atoms with E-state index >= 15 is 0 Å². The molecule has 6 rings (SSSR count). The number of nitro groups is 1. The lowest BCUT2D eigenvalue weighted by atomic mass is 9.94. The van der Waals surface area contributed by atoms with Gasteiger partial charge >= 0.3 is 0 Å². The van der Waals surface area contributed by atoms with Crippen molar-refractivity contribution < 1.29 is 19.6 Å². The monoisotopic (exact) mass is 615 g/mol. The van der Waals surface area contributed by atoms with Crippen molar-refractivity contribution >= 4 is 67.7 Å². The van der Waals surface area contributed by atoms with E-state index in [0.717, 1.165) is 43.9 Å². The minimum Gasteiger partial charge on any atom is -0.503 e. The SMILES string of the molecule is Cc1nc(C)c(C(=O)C2=C(O)C(=O)N(c3nnc(SCc4cccc5ccccc45)s3)C2c2ccccc2[N+](=O)[O-])s1. The summed E-state index contributed by atoms with van der Waals surface area (Å²) >= 11 is 3.67. The summed E-state index contributed by atoms with van der Waals surface area (Å²) in [6.45, 7) is 3.40. The fourth-order valence-corrected chi connectivity index (χ4v) is 7.74. The summed E-state index contributed by atoms with van der Waals surface area (Å²) in [5.74, 6) is -1.70. The van der Waals surface area contributed by atoms with Crippen LogP contribution in [0.5, 0.6) is 0 Å². The normalized spacial score (nSPS) is 15.1. The maximum absolute atomic E-state index is 13.8. The molecule has 0 saturated heterocycles. The predicted molar refractivity (Wildman–Crippen MR) is 162 cm³/mol. The van der Waals surface area contributed by atoms with Gasteiger partial charge in [-0.2, -0.15) is 0 Å². The van der Waals surface area contributed by atoms with Crippen LogP contribution in [0, 0.1) is 24.0 Å². The van der Waals surface area contributed by atoms with Crippen molar-refractivity contribution in [2.45, 2.75) is 30.0 Å². The molecule has 1 atom stereocenters. The molecule has 1 unspecified atom stereocenters. The smallest absolute Gasteiger partial charge is 0.296 e. The summed E-state index contributed by atoms with van der Waals surface area (Å²) in [5, 5.41) is 34.5. The molecule has 0 bridgehead atoms. The number of benzene rings is 3. The van der Waals surface area contributed by atoms with Crippen LogP contribution in [0.2, 0.25) is 0 Å². The topological polar surface area (TPSA) is 139 Å². The first kappa shape index (κ1) is 27.7. The molecular weight excluding hydrogens is 595 g/mol. The fraction of sp³-hybridized carbons (Fsp3) is 0.138. The van der Waals surface area contributed by atoms with Crippen molar-refractivity contribution in [2.24, 2.45) is 0 Å². The molecule has 210 valence electrons. The fourth-order valence-electron chi connectivity index (χ4n) is 4.99. The van der Waals surface area contributed by atoms with Gasteiger partial charge in [0, 0.05) is 11.8 Å².